The molecule has 0 fully saturated rings. The van der Waals surface area contributed by atoms with Gasteiger partial charge in [-0.1, -0.05) is 25.4 Å². The van der Waals surface area contributed by atoms with Gasteiger partial charge in [0.05, 0.1) is 5.71 Å². The van der Waals surface area contributed by atoms with Crippen molar-refractivity contribution in [2.45, 2.75) is 20.8 Å². The highest BCUT2D eigenvalue weighted by atomic mass is 35.5. The van der Waals surface area contributed by atoms with Crippen LogP contribution in [0.2, 0.25) is 0 Å². The topological polar surface area (TPSA) is 35.9 Å². The maximum absolute atomic E-state index is 7.84. The fourth-order valence-electron chi connectivity index (χ4n) is 1.48. The van der Waals surface area contributed by atoms with Crippen molar-refractivity contribution in [3.63, 3.8) is 0 Å². The molecule has 3 heteroatoms. The average Bonchev–Trinajstić information content (AvgIpc) is 2.16. The summed E-state index contributed by atoms with van der Waals surface area (Å²) in [6, 6.07) is 0. The standard InChI is InChI=1S/C12H17ClN2/c1-7(2)9-5-10(8(3)15-4)12(14)6-11(9)13/h5-7,14-15H,1-4H3/b10-8-,14-12?. The first-order valence-corrected chi connectivity index (χ1v) is 5.42. The molecule has 0 aromatic carbocycles. The first-order valence-electron chi connectivity index (χ1n) is 5.04. The monoisotopic (exact) mass is 224 g/mol. The van der Waals surface area contributed by atoms with Gasteiger partial charge in [-0.25, -0.2) is 0 Å². The van der Waals surface area contributed by atoms with E-state index in [0.29, 0.717) is 16.7 Å². The van der Waals surface area contributed by atoms with Gasteiger partial charge in [0.1, 0.15) is 0 Å². The Kier molecular flexibility index (Phi) is 3.75. The van der Waals surface area contributed by atoms with Gasteiger partial charge in [0, 0.05) is 23.4 Å². The predicted octanol–water partition coefficient (Wildman–Crippen LogP) is 3.22. The van der Waals surface area contributed by atoms with E-state index in [1.807, 2.05) is 20.0 Å². The third-order valence-electron chi connectivity index (χ3n) is 2.54. The van der Waals surface area contributed by atoms with Crippen LogP contribution >= 0.6 is 11.6 Å². The van der Waals surface area contributed by atoms with Gasteiger partial charge in [-0.05, 0) is 30.6 Å². The van der Waals surface area contributed by atoms with Crippen LogP contribution in [0.3, 0.4) is 0 Å². The van der Waals surface area contributed by atoms with Crippen molar-refractivity contribution in [1.82, 2.24) is 5.32 Å². The Morgan fingerprint density at radius 2 is 2.00 bits per heavy atom. The number of hydrogen-bond acceptors (Lipinski definition) is 2. The van der Waals surface area contributed by atoms with Gasteiger partial charge in [-0.3, -0.25) is 0 Å². The van der Waals surface area contributed by atoms with Crippen molar-refractivity contribution in [3.05, 3.63) is 34.0 Å². The van der Waals surface area contributed by atoms with E-state index in [2.05, 4.69) is 19.2 Å². The minimum absolute atomic E-state index is 0.376. The first kappa shape index (κ1) is 12.1. The Morgan fingerprint density at radius 3 is 2.47 bits per heavy atom. The Labute approximate surface area is 96.2 Å². The molecule has 0 unspecified atom stereocenters. The van der Waals surface area contributed by atoms with Crippen LogP contribution in [0.5, 0.6) is 0 Å². The molecule has 0 aliphatic heterocycles. The molecule has 0 atom stereocenters. The van der Waals surface area contributed by atoms with Gasteiger partial charge >= 0.3 is 0 Å². The molecule has 1 rings (SSSR count). The molecule has 0 amide bonds. The third-order valence-corrected chi connectivity index (χ3v) is 2.87. The number of halogens is 1. The van der Waals surface area contributed by atoms with E-state index in [4.69, 9.17) is 17.0 Å². The Morgan fingerprint density at radius 1 is 1.40 bits per heavy atom. The van der Waals surface area contributed by atoms with Crippen LogP contribution < -0.4 is 5.32 Å². The summed E-state index contributed by atoms with van der Waals surface area (Å²) in [6.07, 6.45) is 3.72. The molecule has 0 saturated carbocycles. The summed E-state index contributed by atoms with van der Waals surface area (Å²) in [6.45, 7) is 6.16. The summed E-state index contributed by atoms with van der Waals surface area (Å²) in [4.78, 5) is 0. The lowest BCUT2D eigenvalue weighted by Gasteiger charge is -2.18. The van der Waals surface area contributed by atoms with Gasteiger partial charge in [0.2, 0.25) is 0 Å². The zero-order chi connectivity index (χ0) is 11.6. The average molecular weight is 225 g/mol. The summed E-state index contributed by atoms with van der Waals surface area (Å²) in [5.41, 5.74) is 3.48. The molecule has 82 valence electrons. The molecule has 2 nitrogen and oxygen atoms in total. The van der Waals surface area contributed by atoms with Crippen molar-refractivity contribution in [1.29, 1.82) is 5.41 Å². The third kappa shape index (κ3) is 2.51. The van der Waals surface area contributed by atoms with Crippen LogP contribution in [0, 0.1) is 11.3 Å². The molecule has 1 aliphatic carbocycles. The fraction of sp³-hybridized carbons (Fsp3) is 0.417. The molecule has 0 radical (unpaired) electrons. The zero-order valence-electron chi connectivity index (χ0n) is 9.61. The van der Waals surface area contributed by atoms with E-state index in [1.165, 1.54) is 0 Å². The van der Waals surface area contributed by atoms with E-state index in [0.717, 1.165) is 16.8 Å². The normalized spacial score (nSPS) is 20.0. The van der Waals surface area contributed by atoms with Crippen molar-refractivity contribution in [2.24, 2.45) is 5.92 Å². The lowest BCUT2D eigenvalue weighted by Crippen LogP contribution is -2.14. The summed E-state index contributed by atoms with van der Waals surface area (Å²) in [7, 11) is 1.86. The van der Waals surface area contributed by atoms with Crippen LogP contribution in [0.25, 0.3) is 0 Å². The lowest BCUT2D eigenvalue weighted by molar-refractivity contribution is 0.785. The van der Waals surface area contributed by atoms with E-state index in [-0.39, 0.29) is 0 Å². The number of rotatable bonds is 2. The Balaban J connectivity index is 3.21. The van der Waals surface area contributed by atoms with Crippen LogP contribution in [0.1, 0.15) is 20.8 Å². The van der Waals surface area contributed by atoms with Gasteiger partial charge in [0.25, 0.3) is 0 Å². The molecule has 0 aromatic rings. The molecule has 0 heterocycles. The Bertz CT molecular complexity index is 373. The zero-order valence-corrected chi connectivity index (χ0v) is 10.4. The largest absolute Gasteiger partial charge is 0.391 e. The fourth-order valence-corrected chi connectivity index (χ4v) is 1.86. The van der Waals surface area contributed by atoms with E-state index >= 15 is 0 Å². The minimum atomic E-state index is 0.376. The maximum atomic E-state index is 7.84. The first-order chi connectivity index (χ1) is 6.97. The molecule has 0 aromatic heterocycles. The van der Waals surface area contributed by atoms with Crippen LogP contribution in [0.4, 0.5) is 0 Å². The molecule has 2 N–H and O–H groups in total. The quantitative estimate of drug-likeness (QED) is 0.743. The number of hydrogen-bond donors (Lipinski definition) is 2. The van der Waals surface area contributed by atoms with Crippen LogP contribution in [-0.4, -0.2) is 12.8 Å². The van der Waals surface area contributed by atoms with Crippen LogP contribution in [0.15, 0.2) is 34.0 Å². The predicted molar refractivity (Wildman–Crippen MR) is 66.3 cm³/mol. The van der Waals surface area contributed by atoms with Gasteiger partial charge in [-0.15, -0.1) is 0 Å². The molecule has 0 saturated heterocycles. The number of allylic oxidation sites excluding steroid dienone is 6. The SMILES string of the molecule is CN/C(C)=C1/C=C(C(C)C)C(Cl)=CC1=N. The van der Waals surface area contributed by atoms with Crippen molar-refractivity contribution < 1.29 is 0 Å². The summed E-state index contributed by atoms with van der Waals surface area (Å²) in [5, 5.41) is 11.6. The molecular formula is C12H17ClN2. The Hall–Kier alpha value is -1.02. The smallest absolute Gasteiger partial charge is 0.0644 e. The summed E-state index contributed by atoms with van der Waals surface area (Å²) in [5.74, 6) is 0.376. The second kappa shape index (κ2) is 4.67. The highest BCUT2D eigenvalue weighted by molar-refractivity contribution is 6.35. The van der Waals surface area contributed by atoms with Gasteiger partial charge in [0.15, 0.2) is 0 Å². The second-order valence-corrected chi connectivity index (χ2v) is 4.36. The van der Waals surface area contributed by atoms with E-state index in [9.17, 15) is 0 Å². The highest BCUT2D eigenvalue weighted by Gasteiger charge is 2.17. The van der Waals surface area contributed by atoms with E-state index < -0.39 is 0 Å². The van der Waals surface area contributed by atoms with Crippen LogP contribution in [-0.2, 0) is 0 Å². The second-order valence-electron chi connectivity index (χ2n) is 3.95. The molecule has 0 bridgehead atoms. The maximum Gasteiger partial charge on any atom is 0.0644 e. The molecular weight excluding hydrogens is 208 g/mol. The summed E-state index contributed by atoms with van der Waals surface area (Å²) >= 11 is 6.09. The highest BCUT2D eigenvalue weighted by Crippen LogP contribution is 2.29. The van der Waals surface area contributed by atoms with Gasteiger partial charge in [-0.2, -0.15) is 0 Å². The van der Waals surface area contributed by atoms with Crippen molar-refractivity contribution in [2.75, 3.05) is 7.05 Å². The molecule has 15 heavy (non-hydrogen) atoms. The number of nitrogens with one attached hydrogen (secondary N) is 2. The van der Waals surface area contributed by atoms with Crippen molar-refractivity contribution >= 4 is 17.3 Å². The summed E-state index contributed by atoms with van der Waals surface area (Å²) < 4.78 is 0. The minimum Gasteiger partial charge on any atom is -0.391 e. The molecule has 0 spiro atoms. The molecule has 1 aliphatic rings. The van der Waals surface area contributed by atoms with Gasteiger partial charge < -0.3 is 10.7 Å². The lowest BCUT2D eigenvalue weighted by atomic mass is 9.92. The van der Waals surface area contributed by atoms with E-state index in [1.54, 1.807) is 6.08 Å². The van der Waals surface area contributed by atoms with Crippen molar-refractivity contribution in [3.8, 4) is 0 Å².